The van der Waals surface area contributed by atoms with Gasteiger partial charge < -0.3 is 28.6 Å². The second-order valence-corrected chi connectivity index (χ2v) is 10.4. The first-order chi connectivity index (χ1) is 21.9. The Balaban J connectivity index is 1.26. The van der Waals surface area contributed by atoms with Crippen molar-refractivity contribution in [1.82, 2.24) is 4.90 Å². The number of esters is 1. The van der Waals surface area contributed by atoms with Crippen LogP contribution in [0.15, 0.2) is 109 Å². The zero-order valence-corrected chi connectivity index (χ0v) is 25.5. The summed E-state index contributed by atoms with van der Waals surface area (Å²) in [5.41, 5.74) is 2.66. The molecule has 0 aliphatic carbocycles. The fraction of sp³-hybridized carbons (Fsp3) is 0.189. The van der Waals surface area contributed by atoms with E-state index in [2.05, 4.69) is 0 Å². The molecule has 0 spiro atoms. The van der Waals surface area contributed by atoms with Gasteiger partial charge in [-0.2, -0.15) is 0 Å². The zero-order valence-electron chi connectivity index (χ0n) is 25.5. The normalized spacial score (nSPS) is 10.6. The van der Waals surface area contributed by atoms with Crippen molar-refractivity contribution in [3.05, 3.63) is 131 Å². The van der Waals surface area contributed by atoms with E-state index in [0.29, 0.717) is 47.3 Å². The molecular formula is C37H35NO7. The molecule has 0 aliphatic rings. The van der Waals surface area contributed by atoms with Gasteiger partial charge in [0.1, 0.15) is 60.6 Å². The third kappa shape index (κ3) is 7.92. The van der Waals surface area contributed by atoms with E-state index in [1.807, 2.05) is 84.9 Å². The number of hydrogen-bond acceptors (Lipinski definition) is 7. The summed E-state index contributed by atoms with van der Waals surface area (Å²) in [5, 5.41) is 1.68. The predicted octanol–water partition coefficient (Wildman–Crippen LogP) is 6.94. The maximum absolute atomic E-state index is 13.1. The first-order valence-corrected chi connectivity index (χ1v) is 14.5. The van der Waals surface area contributed by atoms with E-state index in [1.54, 1.807) is 38.4 Å². The molecule has 8 nitrogen and oxygen atoms in total. The fourth-order valence-electron chi connectivity index (χ4n) is 4.70. The number of ether oxygens (including phenoxy) is 5. The third-order valence-electron chi connectivity index (χ3n) is 7.01. The lowest BCUT2D eigenvalue weighted by Crippen LogP contribution is -2.23. The molecular weight excluding hydrogens is 570 g/mol. The molecule has 0 aromatic heterocycles. The van der Waals surface area contributed by atoms with E-state index in [0.717, 1.165) is 21.9 Å². The molecule has 5 aromatic rings. The Morgan fingerprint density at radius 1 is 0.600 bits per heavy atom. The van der Waals surface area contributed by atoms with Crippen molar-refractivity contribution in [3.63, 3.8) is 0 Å². The highest BCUT2D eigenvalue weighted by molar-refractivity contribution is 6.00. The minimum Gasteiger partial charge on any atom is -0.490 e. The molecule has 0 saturated heterocycles. The highest BCUT2D eigenvalue weighted by Crippen LogP contribution is 2.32. The number of methoxy groups -OCH3 is 1. The van der Waals surface area contributed by atoms with Crippen LogP contribution in [0.4, 0.5) is 0 Å². The molecule has 0 N–H and O–H groups in total. The van der Waals surface area contributed by atoms with Gasteiger partial charge in [-0.25, -0.2) is 4.79 Å². The minimum atomic E-state index is -0.488. The maximum atomic E-state index is 13.1. The number of hydrogen-bond donors (Lipinski definition) is 0. The molecule has 5 rings (SSSR count). The van der Waals surface area contributed by atoms with Gasteiger partial charge in [-0.15, -0.1) is 0 Å². The van der Waals surface area contributed by atoms with Gasteiger partial charge in [-0.1, -0.05) is 72.8 Å². The zero-order chi connectivity index (χ0) is 31.6. The largest absolute Gasteiger partial charge is 0.490 e. The molecule has 1 amide bonds. The number of rotatable bonds is 13. The Labute approximate surface area is 262 Å². The van der Waals surface area contributed by atoms with Gasteiger partial charge >= 0.3 is 5.97 Å². The molecule has 45 heavy (non-hydrogen) atoms. The Morgan fingerprint density at radius 3 is 1.82 bits per heavy atom. The van der Waals surface area contributed by atoms with Crippen LogP contribution in [0.3, 0.4) is 0 Å². The first-order valence-electron chi connectivity index (χ1n) is 14.5. The highest BCUT2D eigenvalue weighted by atomic mass is 16.5. The summed E-state index contributed by atoms with van der Waals surface area (Å²) >= 11 is 0. The molecule has 0 atom stereocenters. The highest BCUT2D eigenvalue weighted by Gasteiger charge is 2.21. The predicted molar refractivity (Wildman–Crippen MR) is 172 cm³/mol. The van der Waals surface area contributed by atoms with Crippen LogP contribution in [0.25, 0.3) is 10.8 Å². The van der Waals surface area contributed by atoms with Crippen LogP contribution in [0, 0.1) is 0 Å². The van der Waals surface area contributed by atoms with E-state index >= 15 is 0 Å². The average molecular weight is 606 g/mol. The summed E-state index contributed by atoms with van der Waals surface area (Å²) in [6.45, 7) is 1.05. The van der Waals surface area contributed by atoms with Crippen LogP contribution < -0.4 is 18.9 Å². The van der Waals surface area contributed by atoms with Crippen molar-refractivity contribution < 1.29 is 33.3 Å². The Hall–Kier alpha value is -5.50. The Kier molecular flexibility index (Phi) is 10.2. The second-order valence-electron chi connectivity index (χ2n) is 10.4. The lowest BCUT2D eigenvalue weighted by molar-refractivity contribution is 0.0595. The average Bonchev–Trinajstić information content (AvgIpc) is 3.08. The van der Waals surface area contributed by atoms with Crippen LogP contribution in [-0.2, 0) is 18.0 Å². The quantitative estimate of drug-likeness (QED) is 0.106. The van der Waals surface area contributed by atoms with Crippen molar-refractivity contribution in [2.45, 2.75) is 13.2 Å². The summed E-state index contributed by atoms with van der Waals surface area (Å²) in [4.78, 5) is 27.2. The second kappa shape index (κ2) is 14.8. The van der Waals surface area contributed by atoms with Crippen molar-refractivity contribution in [2.75, 3.05) is 34.4 Å². The smallest absolute Gasteiger partial charge is 0.341 e. The van der Waals surface area contributed by atoms with Crippen LogP contribution >= 0.6 is 0 Å². The van der Waals surface area contributed by atoms with E-state index in [9.17, 15) is 9.59 Å². The van der Waals surface area contributed by atoms with Crippen LogP contribution in [-0.4, -0.2) is 51.2 Å². The van der Waals surface area contributed by atoms with Gasteiger partial charge in [0.2, 0.25) is 0 Å². The summed E-state index contributed by atoms with van der Waals surface area (Å²) in [6, 6.07) is 34.0. The molecule has 0 radical (unpaired) electrons. The van der Waals surface area contributed by atoms with Crippen LogP contribution in [0.2, 0.25) is 0 Å². The lowest BCUT2D eigenvalue weighted by atomic mass is 10.1. The first kappa shape index (κ1) is 30.9. The fourth-order valence-corrected chi connectivity index (χ4v) is 4.70. The number of carbonyl (C=O) groups is 2. The molecule has 0 aliphatic heterocycles. The number of nitrogens with zero attached hydrogens (tertiary/aromatic N) is 1. The molecule has 0 unspecified atom stereocenters. The van der Waals surface area contributed by atoms with Gasteiger partial charge in [0.15, 0.2) is 0 Å². The SMILES string of the molecule is COC(=O)c1cc2cc(OCCOc3cccc(OCc4ccccc4)c3C(=O)N(C)C)ccc2cc1OCc1ccccc1. The van der Waals surface area contributed by atoms with Crippen molar-refractivity contribution in [1.29, 1.82) is 0 Å². The standard InChI is InChI=1S/C37H35NO7/c1-38(2)36(39)35-32(15-10-16-33(35)44-24-26-11-6-4-7-12-26)43-20-19-42-30-18-17-28-23-34(45-25-27-13-8-5-9-14-27)31(37(40)41-3)22-29(28)21-30/h4-18,21-23H,19-20,24-25H2,1-3H3. The van der Waals surface area contributed by atoms with E-state index in [1.165, 1.54) is 12.0 Å². The van der Waals surface area contributed by atoms with E-state index in [4.69, 9.17) is 23.7 Å². The number of fused-ring (bicyclic) bond motifs is 1. The molecule has 0 bridgehead atoms. The maximum Gasteiger partial charge on any atom is 0.341 e. The van der Waals surface area contributed by atoms with Gasteiger partial charge in [-0.3, -0.25) is 4.79 Å². The molecule has 0 heterocycles. The summed E-state index contributed by atoms with van der Waals surface area (Å²) < 4.78 is 29.1. The van der Waals surface area contributed by atoms with Gasteiger partial charge in [0, 0.05) is 14.1 Å². The van der Waals surface area contributed by atoms with Crippen molar-refractivity contribution in [2.24, 2.45) is 0 Å². The number of benzene rings is 5. The Bertz CT molecular complexity index is 1750. The molecule has 0 fully saturated rings. The van der Waals surface area contributed by atoms with Gasteiger partial charge in [-0.05, 0) is 58.3 Å². The lowest BCUT2D eigenvalue weighted by Gasteiger charge is -2.19. The van der Waals surface area contributed by atoms with E-state index < -0.39 is 5.97 Å². The van der Waals surface area contributed by atoms with Gasteiger partial charge in [0.05, 0.1) is 7.11 Å². The monoisotopic (exact) mass is 605 g/mol. The molecule has 5 aromatic carbocycles. The van der Waals surface area contributed by atoms with Crippen LogP contribution in [0.1, 0.15) is 31.8 Å². The molecule has 230 valence electrons. The van der Waals surface area contributed by atoms with Gasteiger partial charge in [0.25, 0.3) is 5.91 Å². The van der Waals surface area contributed by atoms with Crippen molar-refractivity contribution in [3.8, 4) is 23.0 Å². The summed E-state index contributed by atoms with van der Waals surface area (Å²) in [7, 11) is 4.72. The van der Waals surface area contributed by atoms with E-state index in [-0.39, 0.29) is 19.1 Å². The third-order valence-corrected chi connectivity index (χ3v) is 7.01. The summed E-state index contributed by atoms with van der Waals surface area (Å²) in [5.74, 6) is 1.18. The van der Waals surface area contributed by atoms with Crippen LogP contribution in [0.5, 0.6) is 23.0 Å². The summed E-state index contributed by atoms with van der Waals surface area (Å²) in [6.07, 6.45) is 0. The topological polar surface area (TPSA) is 83.5 Å². The molecule has 0 saturated carbocycles. The number of amides is 1. The minimum absolute atomic E-state index is 0.188. The number of carbonyl (C=O) groups excluding carboxylic acids is 2. The van der Waals surface area contributed by atoms with Crippen molar-refractivity contribution >= 4 is 22.6 Å². The molecule has 8 heteroatoms. The Morgan fingerprint density at radius 2 is 1.20 bits per heavy atom.